The van der Waals surface area contributed by atoms with Crippen molar-refractivity contribution in [3.63, 3.8) is 0 Å². The predicted octanol–water partition coefficient (Wildman–Crippen LogP) is 5.65. The summed E-state index contributed by atoms with van der Waals surface area (Å²) in [5.74, 6) is 0.159. The van der Waals surface area contributed by atoms with Crippen LogP contribution in [0.3, 0.4) is 0 Å². The first-order chi connectivity index (χ1) is 14.6. The van der Waals surface area contributed by atoms with Crippen LogP contribution < -0.4 is 4.90 Å². The highest BCUT2D eigenvalue weighted by Gasteiger charge is 2.52. The van der Waals surface area contributed by atoms with Gasteiger partial charge in [-0.1, -0.05) is 78.4 Å². The van der Waals surface area contributed by atoms with E-state index < -0.39 is 5.54 Å². The molecule has 4 aromatic rings. The maximum absolute atomic E-state index is 13.8. The lowest BCUT2D eigenvalue weighted by atomic mass is 9.76. The van der Waals surface area contributed by atoms with E-state index >= 15 is 0 Å². The van der Waals surface area contributed by atoms with Crippen molar-refractivity contribution in [3.8, 4) is 5.75 Å². The van der Waals surface area contributed by atoms with Gasteiger partial charge in [0, 0.05) is 11.3 Å². The fraction of sp³-hybridized carbons (Fsp3) is 0.0741. The number of carbonyl (C=O) groups is 1. The van der Waals surface area contributed by atoms with E-state index in [0.29, 0.717) is 5.56 Å². The molecule has 0 saturated carbocycles. The number of amides is 1. The van der Waals surface area contributed by atoms with E-state index in [9.17, 15) is 9.90 Å². The molecule has 0 radical (unpaired) electrons. The Balaban J connectivity index is 1.91. The molecular formula is C27H21NO2. The summed E-state index contributed by atoms with van der Waals surface area (Å²) in [6.07, 6.45) is 0. The smallest absolute Gasteiger partial charge is 0.260 e. The molecule has 30 heavy (non-hydrogen) atoms. The zero-order valence-electron chi connectivity index (χ0n) is 16.6. The fourth-order valence-electron chi connectivity index (χ4n) is 4.50. The van der Waals surface area contributed by atoms with Gasteiger partial charge in [0.25, 0.3) is 5.91 Å². The monoisotopic (exact) mass is 391 g/mol. The summed E-state index contributed by atoms with van der Waals surface area (Å²) in [4.78, 5) is 15.7. The first kappa shape index (κ1) is 18.2. The van der Waals surface area contributed by atoms with Gasteiger partial charge in [-0.2, -0.15) is 0 Å². The summed E-state index contributed by atoms with van der Waals surface area (Å²) < 4.78 is 0. The molecule has 4 aromatic carbocycles. The topological polar surface area (TPSA) is 40.5 Å². The molecule has 1 aliphatic heterocycles. The third kappa shape index (κ3) is 2.56. The average molecular weight is 391 g/mol. The summed E-state index contributed by atoms with van der Waals surface area (Å²) in [5.41, 5.74) is 4.70. The Morgan fingerprint density at radius 1 is 0.700 bits per heavy atom. The second-order valence-electron chi connectivity index (χ2n) is 7.65. The van der Waals surface area contributed by atoms with Crippen LogP contribution in [0.15, 0.2) is 103 Å². The van der Waals surface area contributed by atoms with Gasteiger partial charge in [-0.25, -0.2) is 0 Å². The predicted molar refractivity (Wildman–Crippen MR) is 119 cm³/mol. The lowest BCUT2D eigenvalue weighted by molar-refractivity contribution is 0.0986. The summed E-state index contributed by atoms with van der Waals surface area (Å²) in [6, 6.07) is 33.1. The van der Waals surface area contributed by atoms with E-state index in [0.717, 1.165) is 27.9 Å². The van der Waals surface area contributed by atoms with Gasteiger partial charge in [0.1, 0.15) is 11.3 Å². The number of fused-ring (bicyclic) bond motifs is 1. The first-order valence-corrected chi connectivity index (χ1v) is 9.98. The van der Waals surface area contributed by atoms with Crippen LogP contribution in [0.1, 0.15) is 32.6 Å². The number of phenols is 1. The van der Waals surface area contributed by atoms with Crippen LogP contribution in [-0.4, -0.2) is 11.0 Å². The molecule has 3 heteroatoms. The molecule has 0 spiro atoms. The quantitative estimate of drug-likeness (QED) is 0.490. The second kappa shape index (κ2) is 6.89. The highest BCUT2D eigenvalue weighted by Crippen LogP contribution is 2.51. The summed E-state index contributed by atoms with van der Waals surface area (Å²) >= 11 is 0. The number of nitrogens with zero attached hydrogens (tertiary/aromatic N) is 1. The Morgan fingerprint density at radius 3 is 1.93 bits per heavy atom. The van der Waals surface area contributed by atoms with Crippen LogP contribution in [0.5, 0.6) is 5.75 Å². The van der Waals surface area contributed by atoms with Gasteiger partial charge in [0.2, 0.25) is 0 Å². The molecule has 1 amide bonds. The van der Waals surface area contributed by atoms with Crippen molar-refractivity contribution < 1.29 is 9.90 Å². The minimum absolute atomic E-state index is 0.0366. The highest BCUT2D eigenvalue weighted by molar-refractivity contribution is 6.13. The van der Waals surface area contributed by atoms with Gasteiger partial charge in [0.15, 0.2) is 0 Å². The molecule has 1 N–H and O–H groups in total. The Morgan fingerprint density at radius 2 is 1.27 bits per heavy atom. The number of para-hydroxylation sites is 1. The maximum Gasteiger partial charge on any atom is 0.260 e. The number of aryl methyl sites for hydroxylation is 1. The van der Waals surface area contributed by atoms with Crippen molar-refractivity contribution in [2.45, 2.75) is 12.5 Å². The third-order valence-corrected chi connectivity index (χ3v) is 5.85. The van der Waals surface area contributed by atoms with Gasteiger partial charge < -0.3 is 5.11 Å². The van der Waals surface area contributed by atoms with Crippen molar-refractivity contribution in [1.82, 2.24) is 0 Å². The second-order valence-corrected chi connectivity index (χ2v) is 7.65. The number of carbonyl (C=O) groups excluding carboxylic acids is 1. The van der Waals surface area contributed by atoms with Crippen LogP contribution in [0.2, 0.25) is 0 Å². The SMILES string of the molecule is Cc1ccc(C2(c3ccc(O)cc3)c3ccccc3C(=O)N2c2ccccc2)cc1. The standard InChI is InChI=1S/C27H21NO2/c1-19-11-13-20(14-12-19)27(21-15-17-23(29)18-16-21)25-10-6-5-9-24(25)26(30)28(27)22-7-3-2-4-8-22/h2-18,29H,1H3. The number of anilines is 1. The molecule has 146 valence electrons. The molecule has 3 nitrogen and oxygen atoms in total. The lowest BCUT2D eigenvalue weighted by Crippen LogP contribution is -2.46. The Hall–Kier alpha value is -3.85. The minimum atomic E-state index is -0.837. The van der Waals surface area contributed by atoms with Gasteiger partial charge in [-0.05, 0) is 53.9 Å². The zero-order chi connectivity index (χ0) is 20.7. The van der Waals surface area contributed by atoms with Gasteiger partial charge in [-0.3, -0.25) is 9.69 Å². The van der Waals surface area contributed by atoms with E-state index in [4.69, 9.17) is 0 Å². The number of hydrogen-bond donors (Lipinski definition) is 1. The number of hydrogen-bond acceptors (Lipinski definition) is 2. The van der Waals surface area contributed by atoms with E-state index in [1.807, 2.05) is 71.6 Å². The Kier molecular flexibility index (Phi) is 4.18. The van der Waals surface area contributed by atoms with E-state index in [2.05, 4.69) is 31.2 Å². The molecule has 1 atom stereocenters. The van der Waals surface area contributed by atoms with Crippen molar-refractivity contribution >= 4 is 11.6 Å². The molecule has 1 heterocycles. The number of aromatic hydroxyl groups is 1. The van der Waals surface area contributed by atoms with Crippen LogP contribution in [-0.2, 0) is 5.54 Å². The van der Waals surface area contributed by atoms with E-state index in [1.165, 1.54) is 0 Å². The normalized spacial score (nSPS) is 17.8. The van der Waals surface area contributed by atoms with Crippen molar-refractivity contribution in [1.29, 1.82) is 0 Å². The third-order valence-electron chi connectivity index (χ3n) is 5.85. The highest BCUT2D eigenvalue weighted by atomic mass is 16.3. The number of phenolic OH excluding ortho intramolecular Hbond substituents is 1. The maximum atomic E-state index is 13.8. The van der Waals surface area contributed by atoms with E-state index in [-0.39, 0.29) is 11.7 Å². The van der Waals surface area contributed by atoms with Crippen LogP contribution in [0.25, 0.3) is 0 Å². The molecule has 0 aromatic heterocycles. The Bertz CT molecular complexity index is 1170. The number of rotatable bonds is 3. The Labute approximate surface area is 175 Å². The zero-order valence-corrected chi connectivity index (χ0v) is 16.6. The molecule has 0 bridgehead atoms. The molecule has 0 fully saturated rings. The van der Waals surface area contributed by atoms with Gasteiger partial charge in [-0.15, -0.1) is 0 Å². The summed E-state index contributed by atoms with van der Waals surface area (Å²) in [7, 11) is 0. The fourth-order valence-corrected chi connectivity index (χ4v) is 4.50. The summed E-state index contributed by atoms with van der Waals surface area (Å²) in [6.45, 7) is 2.06. The molecular weight excluding hydrogens is 370 g/mol. The molecule has 0 aliphatic carbocycles. The average Bonchev–Trinajstić information content (AvgIpc) is 3.05. The van der Waals surface area contributed by atoms with E-state index in [1.54, 1.807) is 12.1 Å². The van der Waals surface area contributed by atoms with Gasteiger partial charge >= 0.3 is 0 Å². The molecule has 1 unspecified atom stereocenters. The lowest BCUT2D eigenvalue weighted by Gasteiger charge is -2.40. The van der Waals surface area contributed by atoms with Crippen molar-refractivity contribution in [2.24, 2.45) is 0 Å². The molecule has 5 rings (SSSR count). The van der Waals surface area contributed by atoms with Crippen LogP contribution in [0, 0.1) is 6.92 Å². The van der Waals surface area contributed by atoms with Crippen molar-refractivity contribution in [3.05, 3.63) is 131 Å². The number of benzene rings is 4. The first-order valence-electron chi connectivity index (χ1n) is 9.98. The van der Waals surface area contributed by atoms with Crippen LogP contribution >= 0.6 is 0 Å². The molecule has 0 saturated heterocycles. The van der Waals surface area contributed by atoms with Crippen LogP contribution in [0.4, 0.5) is 5.69 Å². The minimum Gasteiger partial charge on any atom is -0.508 e. The van der Waals surface area contributed by atoms with Gasteiger partial charge in [0.05, 0.1) is 0 Å². The summed E-state index contributed by atoms with van der Waals surface area (Å²) in [5, 5.41) is 9.94. The van der Waals surface area contributed by atoms with Crippen molar-refractivity contribution in [2.75, 3.05) is 4.90 Å². The largest absolute Gasteiger partial charge is 0.508 e. The molecule has 1 aliphatic rings.